The van der Waals surface area contributed by atoms with Gasteiger partial charge in [-0.25, -0.2) is 9.91 Å². The second kappa shape index (κ2) is 13.7. The van der Waals surface area contributed by atoms with Crippen LogP contribution in [-0.2, 0) is 20.8 Å². The second-order valence-corrected chi connectivity index (χ2v) is 12.6. The van der Waals surface area contributed by atoms with Crippen molar-refractivity contribution in [2.75, 3.05) is 24.7 Å². The summed E-state index contributed by atoms with van der Waals surface area (Å²) < 4.78 is 11.3. The molecule has 4 aliphatic rings. The van der Waals surface area contributed by atoms with Gasteiger partial charge in [0.2, 0.25) is 0 Å². The van der Waals surface area contributed by atoms with Crippen molar-refractivity contribution in [2.45, 2.75) is 64.6 Å². The van der Waals surface area contributed by atoms with E-state index in [4.69, 9.17) is 14.6 Å². The maximum absolute atomic E-state index is 14.3. The van der Waals surface area contributed by atoms with Crippen LogP contribution in [0.2, 0.25) is 0 Å². The van der Waals surface area contributed by atoms with Gasteiger partial charge in [0.1, 0.15) is 18.0 Å². The van der Waals surface area contributed by atoms with E-state index in [0.29, 0.717) is 18.9 Å². The zero-order chi connectivity index (χ0) is 34.1. The first-order valence-electron chi connectivity index (χ1n) is 17.1. The summed E-state index contributed by atoms with van der Waals surface area (Å²) in [6.07, 6.45) is 5.66. The topological polar surface area (TPSA) is 116 Å². The number of hydrogen-bond acceptors (Lipinski definition) is 9. The molecule has 0 radical (unpaired) electrons. The van der Waals surface area contributed by atoms with Crippen LogP contribution in [0, 0.1) is 5.92 Å². The summed E-state index contributed by atoms with van der Waals surface area (Å²) in [5.41, 5.74) is 5.54. The number of allylic oxidation sites excluding steroid dienone is 1. The summed E-state index contributed by atoms with van der Waals surface area (Å²) in [5.74, 6) is 0.340. The Hall–Kier alpha value is -5.32. The van der Waals surface area contributed by atoms with E-state index in [0.717, 1.165) is 70.1 Å². The van der Waals surface area contributed by atoms with Gasteiger partial charge in [-0.1, -0.05) is 48.5 Å². The molecule has 3 heterocycles. The molecule has 3 aliphatic heterocycles. The molecule has 1 saturated heterocycles. The molecule has 11 nitrogen and oxygen atoms in total. The molecule has 252 valence electrons. The van der Waals surface area contributed by atoms with Crippen LogP contribution in [0.4, 0.5) is 5.69 Å². The van der Waals surface area contributed by atoms with E-state index in [1.54, 1.807) is 17.1 Å². The van der Waals surface area contributed by atoms with Gasteiger partial charge in [-0.3, -0.25) is 19.4 Å². The van der Waals surface area contributed by atoms with Gasteiger partial charge in [0.15, 0.2) is 12.1 Å². The lowest BCUT2D eigenvalue weighted by Crippen LogP contribution is -2.45. The Morgan fingerprint density at radius 3 is 2.18 bits per heavy atom. The molecule has 11 heteroatoms. The van der Waals surface area contributed by atoms with E-state index in [1.165, 1.54) is 5.01 Å². The van der Waals surface area contributed by atoms with Gasteiger partial charge in [0.25, 0.3) is 17.7 Å². The predicted octanol–water partition coefficient (Wildman–Crippen LogP) is 6.16. The van der Waals surface area contributed by atoms with Crippen LogP contribution in [0.1, 0.15) is 62.8 Å². The molecule has 0 N–H and O–H groups in total. The Morgan fingerprint density at radius 2 is 1.53 bits per heavy atom. The number of carbonyl (C=O) groups is 3. The number of amides is 3. The summed E-state index contributed by atoms with van der Waals surface area (Å²) in [4.78, 5) is 42.5. The van der Waals surface area contributed by atoms with Crippen LogP contribution in [0.25, 0.3) is 6.08 Å². The summed E-state index contributed by atoms with van der Waals surface area (Å²) in [5, 5.41) is 16.2. The monoisotopic (exact) mass is 660 g/mol. The summed E-state index contributed by atoms with van der Waals surface area (Å²) >= 11 is 0. The second-order valence-electron chi connectivity index (χ2n) is 12.6. The number of ether oxygens (including phenoxy) is 2. The van der Waals surface area contributed by atoms with E-state index in [1.807, 2.05) is 81.4 Å². The number of nitrogens with zero attached hydrogens (tertiary/aromatic N) is 6. The molecule has 0 unspecified atom stereocenters. The maximum Gasteiger partial charge on any atom is 0.264 e. The van der Waals surface area contributed by atoms with Crippen molar-refractivity contribution in [3.63, 3.8) is 0 Å². The summed E-state index contributed by atoms with van der Waals surface area (Å²) in [6, 6.07) is 20.8. The fourth-order valence-electron chi connectivity index (χ4n) is 7.20. The van der Waals surface area contributed by atoms with E-state index >= 15 is 0 Å². The minimum absolute atomic E-state index is 0.0196. The molecule has 0 spiro atoms. The number of carbonyl (C=O) groups excluding carboxylic acids is 3. The molecule has 1 saturated carbocycles. The Bertz CT molecular complexity index is 1820. The Kier molecular flexibility index (Phi) is 8.99. The lowest BCUT2D eigenvalue weighted by molar-refractivity contribution is -0.136. The quantitative estimate of drug-likeness (QED) is 0.241. The third-order valence-electron chi connectivity index (χ3n) is 9.58. The molecule has 4 atom stereocenters. The van der Waals surface area contributed by atoms with Crippen molar-refractivity contribution in [2.24, 2.45) is 21.4 Å². The number of anilines is 1. The molecule has 2 fully saturated rings. The minimum Gasteiger partial charge on any atom is -0.494 e. The van der Waals surface area contributed by atoms with Crippen LogP contribution in [0.3, 0.4) is 0 Å². The van der Waals surface area contributed by atoms with Gasteiger partial charge in [0.05, 0.1) is 30.7 Å². The molecule has 3 aromatic carbocycles. The number of aryl methyl sites for hydroxylation is 1. The summed E-state index contributed by atoms with van der Waals surface area (Å²) in [6.45, 7) is 6.85. The highest BCUT2D eigenvalue weighted by atomic mass is 16.5. The largest absolute Gasteiger partial charge is 0.494 e. The number of rotatable bonds is 10. The van der Waals surface area contributed by atoms with Crippen LogP contribution < -0.4 is 14.4 Å². The predicted molar refractivity (Wildman–Crippen MR) is 185 cm³/mol. The first-order chi connectivity index (χ1) is 23.9. The molecular formula is C38H40N6O5. The van der Waals surface area contributed by atoms with Crippen molar-refractivity contribution in [3.8, 4) is 11.5 Å². The molecule has 0 aromatic heterocycles. The van der Waals surface area contributed by atoms with Crippen molar-refractivity contribution < 1.29 is 23.9 Å². The highest BCUT2D eigenvalue weighted by Gasteiger charge is 2.55. The first kappa shape index (κ1) is 32.2. The lowest BCUT2D eigenvalue weighted by Gasteiger charge is -2.30. The first-order valence-corrected chi connectivity index (χ1v) is 17.1. The standard InChI is InChI=1S/C38H40N6O5/c1-4-24-10-16-28(17-11-24)43-37(46)34-36(38(43)47)42(41-39-34)23-32(45)44-35(26-14-20-30(21-15-26)49-6-3)31-9-7-8-27(33(31)40-44)22-25-12-18-29(19-13-25)48-5-2/h10-22,31,34-36H,4-9,23H2,1-3H3/b27-22+/t31-,34+,35-,36+/m1/s1. The molecule has 3 aromatic rings. The normalized spacial score (nSPS) is 23.6. The van der Waals surface area contributed by atoms with E-state index < -0.39 is 23.9 Å². The van der Waals surface area contributed by atoms with Gasteiger partial charge in [-0.15, -0.1) is 0 Å². The average Bonchev–Trinajstić information content (AvgIpc) is 3.79. The molecule has 1 aliphatic carbocycles. The number of hydrazone groups is 1. The number of imide groups is 1. The summed E-state index contributed by atoms with van der Waals surface area (Å²) in [7, 11) is 0. The zero-order valence-electron chi connectivity index (χ0n) is 28.0. The van der Waals surface area contributed by atoms with Crippen LogP contribution >= 0.6 is 0 Å². The Morgan fingerprint density at radius 1 is 0.857 bits per heavy atom. The Labute approximate surface area is 285 Å². The van der Waals surface area contributed by atoms with Gasteiger partial charge in [-0.2, -0.15) is 10.2 Å². The van der Waals surface area contributed by atoms with Gasteiger partial charge >= 0.3 is 0 Å². The van der Waals surface area contributed by atoms with E-state index in [2.05, 4.69) is 16.4 Å². The lowest BCUT2D eigenvalue weighted by atomic mass is 9.77. The van der Waals surface area contributed by atoms with Gasteiger partial charge < -0.3 is 9.47 Å². The van der Waals surface area contributed by atoms with Crippen molar-refractivity contribution in [1.82, 2.24) is 10.0 Å². The molecule has 0 bridgehead atoms. The van der Waals surface area contributed by atoms with Crippen molar-refractivity contribution in [3.05, 3.63) is 95.1 Å². The van der Waals surface area contributed by atoms with Gasteiger partial charge in [0, 0.05) is 5.92 Å². The van der Waals surface area contributed by atoms with Crippen molar-refractivity contribution in [1.29, 1.82) is 0 Å². The number of benzene rings is 3. The molecule has 7 rings (SSSR count). The van der Waals surface area contributed by atoms with Crippen molar-refractivity contribution >= 4 is 35.2 Å². The highest BCUT2D eigenvalue weighted by molar-refractivity contribution is 6.25. The Balaban J connectivity index is 1.17. The maximum atomic E-state index is 14.3. The van der Waals surface area contributed by atoms with Crippen LogP contribution in [0.5, 0.6) is 11.5 Å². The third kappa shape index (κ3) is 6.09. The molecular weight excluding hydrogens is 620 g/mol. The smallest absolute Gasteiger partial charge is 0.264 e. The zero-order valence-corrected chi connectivity index (χ0v) is 28.0. The fraction of sp³-hybridized carbons (Fsp3) is 0.368. The fourth-order valence-corrected chi connectivity index (χ4v) is 7.20. The third-order valence-corrected chi connectivity index (χ3v) is 9.58. The van der Waals surface area contributed by atoms with E-state index in [-0.39, 0.29) is 24.4 Å². The number of hydrogen-bond donors (Lipinski definition) is 0. The average molecular weight is 661 g/mol. The molecule has 3 amide bonds. The highest BCUT2D eigenvalue weighted by Crippen LogP contribution is 2.45. The number of fused-ring (bicyclic) bond motifs is 2. The van der Waals surface area contributed by atoms with Crippen LogP contribution in [0.15, 0.2) is 93.8 Å². The molecule has 49 heavy (non-hydrogen) atoms. The van der Waals surface area contributed by atoms with Gasteiger partial charge in [-0.05, 0) is 104 Å². The van der Waals surface area contributed by atoms with Crippen LogP contribution in [-0.4, -0.2) is 65.3 Å². The minimum atomic E-state index is -0.996. The van der Waals surface area contributed by atoms with E-state index in [9.17, 15) is 14.4 Å². The SMILES string of the molecule is CCOc1ccc(/C=C2\CCC[C@@H]3C2=NN(C(=O)CN2N=N[C@@H]4C(=O)N(c5ccc(CC)cc5)C(=O)[C@H]42)[C@@H]3c2ccc(OCC)cc2)cc1.